The van der Waals surface area contributed by atoms with Crippen LogP contribution in [0.2, 0.25) is 0 Å². The summed E-state index contributed by atoms with van der Waals surface area (Å²) in [5.74, 6) is -0.251. The predicted molar refractivity (Wildman–Crippen MR) is 103 cm³/mol. The molecule has 6 nitrogen and oxygen atoms in total. The van der Waals surface area contributed by atoms with Crippen molar-refractivity contribution in [2.24, 2.45) is 0 Å². The van der Waals surface area contributed by atoms with Gasteiger partial charge in [-0.15, -0.1) is 0 Å². The van der Waals surface area contributed by atoms with Gasteiger partial charge in [0.25, 0.3) is 5.56 Å². The monoisotopic (exact) mass is 404 g/mol. The largest absolute Gasteiger partial charge is 0.418 e. The summed E-state index contributed by atoms with van der Waals surface area (Å²) in [5, 5.41) is 2.78. The van der Waals surface area contributed by atoms with Gasteiger partial charge in [0.05, 0.1) is 34.7 Å². The third-order valence-corrected chi connectivity index (χ3v) is 4.59. The molecule has 0 aliphatic carbocycles. The molecule has 0 spiro atoms. The van der Waals surface area contributed by atoms with Crippen molar-refractivity contribution in [2.45, 2.75) is 25.7 Å². The lowest BCUT2D eigenvalue weighted by atomic mass is 10.1. The second-order valence-corrected chi connectivity index (χ2v) is 6.65. The molecule has 0 saturated heterocycles. The Morgan fingerprint density at radius 3 is 2.55 bits per heavy atom. The number of benzene rings is 2. The van der Waals surface area contributed by atoms with Crippen molar-refractivity contribution in [3.63, 3.8) is 0 Å². The molecule has 0 radical (unpaired) electrons. The summed E-state index contributed by atoms with van der Waals surface area (Å²) in [7, 11) is 1.62. The first-order valence-corrected chi connectivity index (χ1v) is 8.82. The van der Waals surface area contributed by atoms with Crippen LogP contribution in [-0.4, -0.2) is 33.9 Å². The maximum absolute atomic E-state index is 13.1. The predicted octanol–water partition coefficient (Wildman–Crippen LogP) is 3.40. The van der Waals surface area contributed by atoms with E-state index in [-0.39, 0.29) is 17.8 Å². The van der Waals surface area contributed by atoms with Crippen molar-refractivity contribution in [1.82, 2.24) is 14.9 Å². The average molecular weight is 404 g/mol. The van der Waals surface area contributed by atoms with E-state index >= 15 is 0 Å². The molecule has 2 N–H and O–H groups in total. The Labute approximate surface area is 164 Å². The number of anilines is 1. The molecule has 0 saturated carbocycles. The van der Waals surface area contributed by atoms with E-state index < -0.39 is 23.7 Å². The lowest BCUT2D eigenvalue weighted by Crippen LogP contribution is -2.40. The summed E-state index contributed by atoms with van der Waals surface area (Å²) in [6.07, 6.45) is -4.58. The van der Waals surface area contributed by atoms with Crippen molar-refractivity contribution < 1.29 is 18.0 Å². The fraction of sp³-hybridized carbons (Fsp3) is 0.250. The SMILES string of the molecule is CC(C(=O)Nc1ccccc1C(F)(F)F)N(C)Cc1nc2ccccc2c(=O)[nH]1. The molecule has 0 aliphatic rings. The van der Waals surface area contributed by atoms with E-state index in [4.69, 9.17) is 0 Å². The Morgan fingerprint density at radius 1 is 1.17 bits per heavy atom. The summed E-state index contributed by atoms with van der Waals surface area (Å²) < 4.78 is 39.3. The van der Waals surface area contributed by atoms with Crippen LogP contribution in [0.1, 0.15) is 18.3 Å². The summed E-state index contributed by atoms with van der Waals surface area (Å²) in [4.78, 5) is 33.3. The fourth-order valence-corrected chi connectivity index (χ4v) is 2.86. The number of amides is 1. The summed E-state index contributed by atoms with van der Waals surface area (Å²) in [5.41, 5.74) is -0.989. The number of carbonyl (C=O) groups excluding carboxylic acids is 1. The molecular formula is C20H19F3N4O2. The Hall–Kier alpha value is -3.20. The van der Waals surface area contributed by atoms with Crippen molar-refractivity contribution in [3.8, 4) is 0 Å². The molecule has 152 valence electrons. The zero-order valence-electron chi connectivity index (χ0n) is 15.7. The Kier molecular flexibility index (Phi) is 5.69. The number of hydrogen-bond acceptors (Lipinski definition) is 4. The van der Waals surface area contributed by atoms with Gasteiger partial charge in [-0.05, 0) is 38.2 Å². The number of para-hydroxylation sites is 2. The molecule has 2 aromatic carbocycles. The molecule has 1 atom stereocenters. The summed E-state index contributed by atoms with van der Waals surface area (Å²) in [6.45, 7) is 1.69. The number of rotatable bonds is 5. The minimum absolute atomic E-state index is 0.135. The zero-order valence-corrected chi connectivity index (χ0v) is 15.7. The maximum Gasteiger partial charge on any atom is 0.418 e. The standard InChI is InChI=1S/C20H19F3N4O2/c1-12(18(28)25-16-10-6-4-8-14(16)20(21,22)23)27(2)11-17-24-15-9-5-3-7-13(15)19(29)26-17/h3-10,12H,11H2,1-2H3,(H,25,28)(H,24,26,29). The van der Waals surface area contributed by atoms with E-state index in [1.165, 1.54) is 18.2 Å². The molecule has 1 heterocycles. The van der Waals surface area contributed by atoms with E-state index in [0.29, 0.717) is 16.7 Å². The minimum Gasteiger partial charge on any atom is -0.324 e. The van der Waals surface area contributed by atoms with Gasteiger partial charge < -0.3 is 10.3 Å². The number of aromatic amines is 1. The smallest absolute Gasteiger partial charge is 0.324 e. The molecule has 0 fully saturated rings. The molecule has 3 aromatic rings. The number of alkyl halides is 3. The van der Waals surface area contributed by atoms with Gasteiger partial charge in [0.15, 0.2) is 0 Å². The second-order valence-electron chi connectivity index (χ2n) is 6.65. The van der Waals surface area contributed by atoms with Gasteiger partial charge in [0, 0.05) is 0 Å². The number of nitrogens with zero attached hydrogens (tertiary/aromatic N) is 2. The Morgan fingerprint density at radius 2 is 1.83 bits per heavy atom. The molecule has 29 heavy (non-hydrogen) atoms. The zero-order chi connectivity index (χ0) is 21.2. The van der Waals surface area contributed by atoms with Gasteiger partial charge >= 0.3 is 6.18 Å². The lowest BCUT2D eigenvalue weighted by molar-refractivity contribution is -0.137. The summed E-state index contributed by atoms with van der Waals surface area (Å²) in [6, 6.07) is 10.9. The van der Waals surface area contributed by atoms with Gasteiger partial charge in [-0.1, -0.05) is 24.3 Å². The number of likely N-dealkylation sites (N-methyl/N-ethyl adjacent to an activating group) is 1. The first-order chi connectivity index (χ1) is 13.7. The maximum atomic E-state index is 13.1. The van der Waals surface area contributed by atoms with Crippen molar-refractivity contribution in [2.75, 3.05) is 12.4 Å². The van der Waals surface area contributed by atoms with Gasteiger partial charge in [-0.25, -0.2) is 4.98 Å². The van der Waals surface area contributed by atoms with Crippen molar-refractivity contribution in [1.29, 1.82) is 0 Å². The highest BCUT2D eigenvalue weighted by molar-refractivity contribution is 5.95. The van der Waals surface area contributed by atoms with Crippen LogP contribution in [0.4, 0.5) is 18.9 Å². The van der Waals surface area contributed by atoms with E-state index in [9.17, 15) is 22.8 Å². The van der Waals surface area contributed by atoms with Crippen LogP contribution < -0.4 is 10.9 Å². The van der Waals surface area contributed by atoms with E-state index in [2.05, 4.69) is 15.3 Å². The fourth-order valence-electron chi connectivity index (χ4n) is 2.86. The topological polar surface area (TPSA) is 78.1 Å². The number of hydrogen-bond donors (Lipinski definition) is 2. The molecule has 1 amide bonds. The number of aromatic nitrogens is 2. The normalized spacial score (nSPS) is 12.9. The van der Waals surface area contributed by atoms with Gasteiger partial charge in [0.1, 0.15) is 5.82 Å². The highest BCUT2D eigenvalue weighted by Crippen LogP contribution is 2.34. The molecule has 0 bridgehead atoms. The van der Waals surface area contributed by atoms with E-state index in [1.54, 1.807) is 43.1 Å². The number of H-pyrrole nitrogens is 1. The van der Waals surface area contributed by atoms with Crippen LogP contribution >= 0.6 is 0 Å². The molecule has 1 aromatic heterocycles. The number of fused-ring (bicyclic) bond motifs is 1. The number of carbonyl (C=O) groups is 1. The highest BCUT2D eigenvalue weighted by atomic mass is 19.4. The van der Waals surface area contributed by atoms with E-state index in [0.717, 1.165) is 6.07 Å². The minimum atomic E-state index is -4.58. The molecule has 1 unspecified atom stereocenters. The van der Waals surface area contributed by atoms with Crippen LogP contribution in [0.3, 0.4) is 0 Å². The van der Waals surface area contributed by atoms with Crippen LogP contribution in [0.15, 0.2) is 53.3 Å². The first kappa shape index (κ1) is 20.5. The van der Waals surface area contributed by atoms with E-state index in [1.807, 2.05) is 0 Å². The number of halogens is 3. The van der Waals surface area contributed by atoms with Crippen molar-refractivity contribution >= 4 is 22.5 Å². The summed E-state index contributed by atoms with van der Waals surface area (Å²) >= 11 is 0. The molecule has 9 heteroatoms. The molecular weight excluding hydrogens is 385 g/mol. The average Bonchev–Trinajstić information content (AvgIpc) is 2.67. The van der Waals surface area contributed by atoms with Crippen LogP contribution in [-0.2, 0) is 17.5 Å². The van der Waals surface area contributed by atoms with Gasteiger partial charge in [-0.3, -0.25) is 14.5 Å². The van der Waals surface area contributed by atoms with Crippen LogP contribution in [0.5, 0.6) is 0 Å². The molecule has 3 rings (SSSR count). The number of nitrogens with one attached hydrogen (secondary N) is 2. The molecule has 0 aliphatic heterocycles. The first-order valence-electron chi connectivity index (χ1n) is 8.82. The Bertz CT molecular complexity index is 1090. The third kappa shape index (κ3) is 4.62. The Balaban J connectivity index is 1.75. The second kappa shape index (κ2) is 8.04. The highest BCUT2D eigenvalue weighted by Gasteiger charge is 2.34. The lowest BCUT2D eigenvalue weighted by Gasteiger charge is -2.24. The van der Waals surface area contributed by atoms with Gasteiger partial charge in [-0.2, -0.15) is 13.2 Å². The van der Waals surface area contributed by atoms with Crippen molar-refractivity contribution in [3.05, 3.63) is 70.3 Å². The third-order valence-electron chi connectivity index (χ3n) is 4.59. The quantitative estimate of drug-likeness (QED) is 0.683. The van der Waals surface area contributed by atoms with Gasteiger partial charge in [0.2, 0.25) is 5.91 Å². The van der Waals surface area contributed by atoms with Crippen LogP contribution in [0, 0.1) is 0 Å². The van der Waals surface area contributed by atoms with Crippen LogP contribution in [0.25, 0.3) is 10.9 Å².